The van der Waals surface area contributed by atoms with Crippen molar-refractivity contribution in [3.05, 3.63) is 23.8 Å². The molecule has 0 amide bonds. The summed E-state index contributed by atoms with van der Waals surface area (Å²) in [7, 11) is 1.42. The van der Waals surface area contributed by atoms with Gasteiger partial charge in [0.1, 0.15) is 0 Å². The second-order valence-corrected chi connectivity index (χ2v) is 5.40. The summed E-state index contributed by atoms with van der Waals surface area (Å²) in [5, 5.41) is 12.3. The molecule has 1 fully saturated rings. The molecule has 21 heavy (non-hydrogen) atoms. The van der Waals surface area contributed by atoms with Gasteiger partial charge in [0.2, 0.25) is 0 Å². The molecule has 0 heterocycles. The van der Waals surface area contributed by atoms with Gasteiger partial charge in [-0.05, 0) is 30.7 Å². The van der Waals surface area contributed by atoms with Crippen molar-refractivity contribution >= 4 is 0 Å². The molecule has 4 nitrogen and oxygen atoms in total. The second-order valence-electron chi connectivity index (χ2n) is 5.40. The molecule has 6 heteroatoms. The van der Waals surface area contributed by atoms with E-state index in [4.69, 9.17) is 9.84 Å². The Hall–Kier alpha value is -1.40. The minimum Gasteiger partial charge on any atom is -0.493 e. The number of hydrogen-bond donors (Lipinski definition) is 2. The zero-order valence-corrected chi connectivity index (χ0v) is 12.1. The highest BCUT2D eigenvalue weighted by molar-refractivity contribution is 5.46. The maximum Gasteiger partial charge on any atom is 0.387 e. The van der Waals surface area contributed by atoms with Crippen LogP contribution in [0.4, 0.5) is 8.78 Å². The Kier molecular flexibility index (Phi) is 5.36. The van der Waals surface area contributed by atoms with Crippen LogP contribution in [0.1, 0.15) is 24.8 Å². The summed E-state index contributed by atoms with van der Waals surface area (Å²) in [4.78, 5) is 0. The lowest BCUT2D eigenvalue weighted by Crippen LogP contribution is -2.24. The van der Waals surface area contributed by atoms with Crippen molar-refractivity contribution in [2.45, 2.75) is 32.4 Å². The van der Waals surface area contributed by atoms with E-state index in [-0.39, 0.29) is 17.8 Å². The highest BCUT2D eigenvalue weighted by Gasteiger charge is 2.41. The molecular weight excluding hydrogens is 280 g/mol. The molecule has 2 N–H and O–H groups in total. The third-order valence-electron chi connectivity index (χ3n) is 3.90. The molecule has 0 spiro atoms. The standard InChI is InChI=1S/C15H21F2NO3/c1-20-12-4-2-3-11(13(12)21-14(16)17)9-18-10-15(5-6-15)7-8-19/h2-4,14,18-19H,5-10H2,1H3. The summed E-state index contributed by atoms with van der Waals surface area (Å²) in [6.45, 7) is -1.52. The highest BCUT2D eigenvalue weighted by atomic mass is 19.3. The first kappa shape index (κ1) is 16.0. The normalized spacial score (nSPS) is 16.0. The van der Waals surface area contributed by atoms with Crippen LogP contribution in [0.3, 0.4) is 0 Å². The van der Waals surface area contributed by atoms with Crippen molar-refractivity contribution in [2.75, 3.05) is 20.3 Å². The number of nitrogens with one attached hydrogen (secondary N) is 1. The summed E-state index contributed by atoms with van der Waals surface area (Å²) in [6.07, 6.45) is 2.97. The van der Waals surface area contributed by atoms with Crippen molar-refractivity contribution < 1.29 is 23.4 Å². The van der Waals surface area contributed by atoms with E-state index in [0.29, 0.717) is 17.9 Å². The first-order chi connectivity index (χ1) is 10.1. The topological polar surface area (TPSA) is 50.7 Å². The fraction of sp³-hybridized carbons (Fsp3) is 0.600. The van der Waals surface area contributed by atoms with E-state index in [1.165, 1.54) is 7.11 Å². The Morgan fingerprint density at radius 3 is 2.71 bits per heavy atom. The number of halogens is 2. The Bertz CT molecular complexity index is 464. The zero-order valence-electron chi connectivity index (χ0n) is 12.1. The van der Waals surface area contributed by atoms with Gasteiger partial charge in [-0.2, -0.15) is 8.78 Å². The Labute approximate surface area is 123 Å². The van der Waals surface area contributed by atoms with Crippen LogP contribution in [-0.4, -0.2) is 32.0 Å². The number of aliphatic hydroxyl groups excluding tert-OH is 1. The van der Waals surface area contributed by atoms with Gasteiger partial charge >= 0.3 is 6.61 Å². The van der Waals surface area contributed by atoms with Gasteiger partial charge < -0.3 is 19.9 Å². The van der Waals surface area contributed by atoms with Gasteiger partial charge in [0, 0.05) is 25.3 Å². The molecule has 1 aromatic rings. The van der Waals surface area contributed by atoms with Gasteiger partial charge in [0.25, 0.3) is 0 Å². The number of aliphatic hydroxyl groups is 1. The maximum atomic E-state index is 12.5. The molecular formula is C15H21F2NO3. The fourth-order valence-electron chi connectivity index (χ4n) is 2.48. The quantitative estimate of drug-likeness (QED) is 0.736. The predicted octanol–water partition coefficient (Wildman–Crippen LogP) is 2.55. The smallest absolute Gasteiger partial charge is 0.387 e. The van der Waals surface area contributed by atoms with E-state index >= 15 is 0 Å². The molecule has 0 aliphatic heterocycles. The monoisotopic (exact) mass is 301 g/mol. The average Bonchev–Trinajstić information content (AvgIpc) is 3.20. The number of benzene rings is 1. The molecule has 0 radical (unpaired) electrons. The van der Waals surface area contributed by atoms with Crippen LogP contribution < -0.4 is 14.8 Å². The molecule has 0 saturated heterocycles. The molecule has 0 unspecified atom stereocenters. The Morgan fingerprint density at radius 1 is 1.38 bits per heavy atom. The third kappa shape index (κ3) is 4.28. The van der Waals surface area contributed by atoms with Crippen molar-refractivity contribution in [1.29, 1.82) is 0 Å². The number of rotatable bonds is 9. The van der Waals surface area contributed by atoms with Crippen LogP contribution >= 0.6 is 0 Å². The van der Waals surface area contributed by atoms with E-state index in [1.54, 1.807) is 18.2 Å². The van der Waals surface area contributed by atoms with E-state index in [9.17, 15) is 8.78 Å². The third-order valence-corrected chi connectivity index (χ3v) is 3.90. The van der Waals surface area contributed by atoms with Crippen molar-refractivity contribution in [2.24, 2.45) is 5.41 Å². The molecule has 0 bridgehead atoms. The Balaban J connectivity index is 1.98. The zero-order chi connectivity index (χ0) is 15.3. The molecule has 1 aliphatic rings. The summed E-state index contributed by atoms with van der Waals surface area (Å²) >= 11 is 0. The number of hydrogen-bond acceptors (Lipinski definition) is 4. The largest absolute Gasteiger partial charge is 0.493 e. The van der Waals surface area contributed by atoms with Crippen LogP contribution in [0.15, 0.2) is 18.2 Å². The molecule has 0 aromatic heterocycles. The lowest BCUT2D eigenvalue weighted by Gasteiger charge is -2.17. The lowest BCUT2D eigenvalue weighted by molar-refractivity contribution is -0.0518. The number of para-hydroxylation sites is 1. The van der Waals surface area contributed by atoms with Crippen LogP contribution in [0.25, 0.3) is 0 Å². The molecule has 118 valence electrons. The van der Waals surface area contributed by atoms with Crippen molar-refractivity contribution in [3.8, 4) is 11.5 Å². The van der Waals surface area contributed by atoms with E-state index in [1.807, 2.05) is 0 Å². The number of ether oxygens (including phenoxy) is 2. The van der Waals surface area contributed by atoms with E-state index < -0.39 is 6.61 Å². The lowest BCUT2D eigenvalue weighted by atomic mass is 10.0. The predicted molar refractivity (Wildman–Crippen MR) is 74.7 cm³/mol. The van der Waals surface area contributed by atoms with Crippen LogP contribution in [0.5, 0.6) is 11.5 Å². The summed E-state index contributed by atoms with van der Waals surface area (Å²) in [5.74, 6) is 0.376. The first-order valence-corrected chi connectivity index (χ1v) is 7.02. The summed E-state index contributed by atoms with van der Waals surface area (Å²) in [6, 6.07) is 5.07. The van der Waals surface area contributed by atoms with Crippen LogP contribution in [0.2, 0.25) is 0 Å². The summed E-state index contributed by atoms with van der Waals surface area (Å²) in [5.41, 5.74) is 0.812. The van der Waals surface area contributed by atoms with Gasteiger partial charge in [0.05, 0.1) is 7.11 Å². The first-order valence-electron chi connectivity index (χ1n) is 7.02. The maximum absolute atomic E-state index is 12.5. The molecule has 1 saturated carbocycles. The Morgan fingerprint density at radius 2 is 2.14 bits per heavy atom. The van der Waals surface area contributed by atoms with Crippen LogP contribution in [-0.2, 0) is 6.54 Å². The molecule has 0 atom stereocenters. The van der Waals surface area contributed by atoms with Gasteiger partial charge in [-0.25, -0.2) is 0 Å². The van der Waals surface area contributed by atoms with Gasteiger partial charge in [0.15, 0.2) is 11.5 Å². The summed E-state index contributed by atoms with van der Waals surface area (Å²) < 4.78 is 34.7. The number of alkyl halides is 2. The van der Waals surface area contributed by atoms with Gasteiger partial charge in [-0.3, -0.25) is 0 Å². The molecule has 1 aliphatic carbocycles. The van der Waals surface area contributed by atoms with Gasteiger partial charge in [-0.15, -0.1) is 0 Å². The highest BCUT2D eigenvalue weighted by Crippen LogP contribution is 2.48. The minimum atomic E-state index is -2.88. The van der Waals surface area contributed by atoms with E-state index in [0.717, 1.165) is 25.8 Å². The van der Waals surface area contributed by atoms with Crippen LogP contribution in [0, 0.1) is 5.41 Å². The average molecular weight is 301 g/mol. The van der Waals surface area contributed by atoms with E-state index in [2.05, 4.69) is 10.1 Å². The number of methoxy groups -OCH3 is 1. The van der Waals surface area contributed by atoms with Crippen molar-refractivity contribution in [1.82, 2.24) is 5.32 Å². The van der Waals surface area contributed by atoms with Gasteiger partial charge in [-0.1, -0.05) is 12.1 Å². The van der Waals surface area contributed by atoms with Crippen molar-refractivity contribution in [3.63, 3.8) is 0 Å². The SMILES string of the molecule is COc1cccc(CNCC2(CCO)CC2)c1OC(F)F. The fourth-order valence-corrected chi connectivity index (χ4v) is 2.48. The molecule has 2 rings (SSSR count). The second kappa shape index (κ2) is 7.04. The minimum absolute atomic E-state index is 0.0782. The molecule has 1 aromatic carbocycles.